The van der Waals surface area contributed by atoms with Gasteiger partial charge in [-0.15, -0.1) is 0 Å². The van der Waals surface area contributed by atoms with Gasteiger partial charge in [0.15, 0.2) is 5.75 Å². The predicted octanol–water partition coefficient (Wildman–Crippen LogP) is 5.49. The van der Waals surface area contributed by atoms with E-state index in [0.717, 1.165) is 11.1 Å². The summed E-state index contributed by atoms with van der Waals surface area (Å²) in [6, 6.07) is 8.72. The van der Waals surface area contributed by atoms with Gasteiger partial charge in [-0.05, 0) is 51.3 Å². The van der Waals surface area contributed by atoms with Gasteiger partial charge in [-0.25, -0.2) is 0 Å². The van der Waals surface area contributed by atoms with E-state index in [1.807, 2.05) is 26.0 Å². The van der Waals surface area contributed by atoms with Crippen LogP contribution in [-0.4, -0.2) is 10.2 Å². The molecule has 2 nitrogen and oxygen atoms in total. The molecular formula is C15H13BrCl2O2. The molecule has 0 spiro atoms. The fourth-order valence-corrected chi connectivity index (χ4v) is 2.85. The maximum atomic E-state index is 9.64. The molecule has 2 aromatic carbocycles. The highest BCUT2D eigenvalue weighted by atomic mass is 79.9. The highest BCUT2D eigenvalue weighted by Crippen LogP contribution is 2.40. The van der Waals surface area contributed by atoms with Gasteiger partial charge in [0.2, 0.25) is 0 Å². The lowest BCUT2D eigenvalue weighted by Gasteiger charge is -2.27. The predicted molar refractivity (Wildman–Crippen MR) is 86.1 cm³/mol. The first-order valence-corrected chi connectivity index (χ1v) is 7.46. The molecule has 0 saturated heterocycles. The van der Waals surface area contributed by atoms with Crippen LogP contribution < -0.4 is 0 Å². The summed E-state index contributed by atoms with van der Waals surface area (Å²) in [5.41, 5.74) is 1.49. The molecule has 0 saturated carbocycles. The van der Waals surface area contributed by atoms with Crippen LogP contribution in [0.4, 0.5) is 0 Å². The van der Waals surface area contributed by atoms with Crippen molar-refractivity contribution in [3.05, 3.63) is 56.0 Å². The molecule has 0 aliphatic carbocycles. The highest BCUT2D eigenvalue weighted by Gasteiger charge is 2.25. The van der Waals surface area contributed by atoms with Crippen LogP contribution in [0.1, 0.15) is 25.0 Å². The van der Waals surface area contributed by atoms with Crippen LogP contribution in [0.3, 0.4) is 0 Å². The molecule has 0 bridgehead atoms. The van der Waals surface area contributed by atoms with E-state index >= 15 is 0 Å². The minimum Gasteiger partial charge on any atom is -0.507 e. The van der Waals surface area contributed by atoms with Gasteiger partial charge in [-0.2, -0.15) is 0 Å². The Labute approximate surface area is 136 Å². The van der Waals surface area contributed by atoms with Crippen molar-refractivity contribution in [2.45, 2.75) is 19.3 Å². The smallest absolute Gasteiger partial charge is 0.152 e. The summed E-state index contributed by atoms with van der Waals surface area (Å²) in [4.78, 5) is 0. The molecule has 0 amide bonds. The van der Waals surface area contributed by atoms with Gasteiger partial charge in [0, 0.05) is 5.41 Å². The molecule has 0 atom stereocenters. The largest absolute Gasteiger partial charge is 0.507 e. The van der Waals surface area contributed by atoms with Gasteiger partial charge in [-0.1, -0.05) is 43.1 Å². The van der Waals surface area contributed by atoms with Gasteiger partial charge in [0.25, 0.3) is 0 Å². The van der Waals surface area contributed by atoms with Crippen LogP contribution in [0.5, 0.6) is 11.5 Å². The lowest BCUT2D eigenvalue weighted by Crippen LogP contribution is -2.19. The van der Waals surface area contributed by atoms with Crippen molar-refractivity contribution >= 4 is 39.1 Å². The highest BCUT2D eigenvalue weighted by molar-refractivity contribution is 9.10. The number of hydrogen-bond acceptors (Lipinski definition) is 2. The van der Waals surface area contributed by atoms with Crippen LogP contribution in [0.25, 0.3) is 0 Å². The fraction of sp³-hybridized carbons (Fsp3) is 0.200. The number of phenols is 2. The molecule has 5 heteroatoms. The maximum Gasteiger partial charge on any atom is 0.152 e. The summed E-state index contributed by atoms with van der Waals surface area (Å²) < 4.78 is 0.624. The van der Waals surface area contributed by atoms with E-state index in [9.17, 15) is 10.2 Å². The Balaban J connectivity index is 2.56. The van der Waals surface area contributed by atoms with E-state index in [-0.39, 0.29) is 27.0 Å². The van der Waals surface area contributed by atoms with E-state index in [4.69, 9.17) is 23.2 Å². The lowest BCUT2D eigenvalue weighted by molar-refractivity contribution is 0.471. The molecule has 106 valence electrons. The lowest BCUT2D eigenvalue weighted by atomic mass is 9.78. The number of aromatic hydroxyl groups is 2. The van der Waals surface area contributed by atoms with Gasteiger partial charge < -0.3 is 10.2 Å². The zero-order valence-corrected chi connectivity index (χ0v) is 14.0. The third-order valence-electron chi connectivity index (χ3n) is 3.41. The average Bonchev–Trinajstić information content (AvgIpc) is 2.38. The summed E-state index contributed by atoms with van der Waals surface area (Å²) in [5, 5.41) is 19.7. The summed E-state index contributed by atoms with van der Waals surface area (Å²) in [6.45, 7) is 4.04. The van der Waals surface area contributed by atoms with Crippen molar-refractivity contribution in [2.24, 2.45) is 0 Å². The molecule has 0 unspecified atom stereocenters. The maximum absolute atomic E-state index is 9.64. The first-order valence-electron chi connectivity index (χ1n) is 5.91. The van der Waals surface area contributed by atoms with Crippen LogP contribution in [0.2, 0.25) is 10.0 Å². The molecule has 2 aromatic rings. The number of halogens is 3. The fourth-order valence-electron chi connectivity index (χ4n) is 1.99. The van der Waals surface area contributed by atoms with E-state index in [0.29, 0.717) is 4.47 Å². The van der Waals surface area contributed by atoms with Crippen molar-refractivity contribution in [3.8, 4) is 11.5 Å². The van der Waals surface area contributed by atoms with Crippen molar-refractivity contribution in [3.63, 3.8) is 0 Å². The average molecular weight is 376 g/mol. The van der Waals surface area contributed by atoms with Crippen LogP contribution in [0, 0.1) is 0 Å². The Morgan fingerprint density at radius 1 is 0.950 bits per heavy atom. The zero-order valence-electron chi connectivity index (χ0n) is 10.9. The second-order valence-electron chi connectivity index (χ2n) is 5.08. The van der Waals surface area contributed by atoms with Gasteiger partial charge in [0.1, 0.15) is 5.75 Å². The van der Waals surface area contributed by atoms with Gasteiger partial charge >= 0.3 is 0 Å². The summed E-state index contributed by atoms with van der Waals surface area (Å²) in [5.74, 6) is 0.0751. The van der Waals surface area contributed by atoms with Crippen molar-refractivity contribution in [1.29, 1.82) is 0 Å². The number of benzene rings is 2. The Morgan fingerprint density at radius 2 is 1.50 bits per heavy atom. The molecule has 2 rings (SSSR count). The molecule has 0 heterocycles. The van der Waals surface area contributed by atoms with Crippen molar-refractivity contribution in [1.82, 2.24) is 0 Å². The Bertz CT molecular complexity index is 646. The molecule has 2 N–H and O–H groups in total. The molecule has 0 aromatic heterocycles. The van der Waals surface area contributed by atoms with E-state index < -0.39 is 0 Å². The standard InChI is InChI=1S/C15H13BrCl2O2/c1-15(2,8-3-4-13(19)10(16)5-8)9-6-11(17)14(20)12(18)7-9/h3-7,19-20H,1-2H3. The number of rotatable bonds is 2. The minimum absolute atomic E-state index is 0.111. The SMILES string of the molecule is CC(C)(c1cc(Cl)c(O)c(Cl)c1)c1ccc(O)c(Br)c1. The molecule has 0 fully saturated rings. The quantitative estimate of drug-likeness (QED) is 0.728. The van der Waals surface area contributed by atoms with Crippen LogP contribution >= 0.6 is 39.1 Å². The number of hydrogen-bond donors (Lipinski definition) is 2. The van der Waals surface area contributed by atoms with Crippen molar-refractivity contribution < 1.29 is 10.2 Å². The molecule has 20 heavy (non-hydrogen) atoms. The second kappa shape index (κ2) is 5.47. The van der Waals surface area contributed by atoms with E-state index in [2.05, 4.69) is 15.9 Å². The normalized spacial score (nSPS) is 11.7. The van der Waals surface area contributed by atoms with E-state index in [1.54, 1.807) is 18.2 Å². The number of phenolic OH excluding ortho intramolecular Hbond substituents is 2. The second-order valence-corrected chi connectivity index (χ2v) is 6.75. The summed E-state index contributed by atoms with van der Waals surface area (Å²) in [6.07, 6.45) is 0. The third-order valence-corrected chi connectivity index (χ3v) is 4.62. The van der Waals surface area contributed by atoms with Crippen molar-refractivity contribution in [2.75, 3.05) is 0 Å². The molecule has 0 aliphatic heterocycles. The van der Waals surface area contributed by atoms with Gasteiger partial charge in [-0.3, -0.25) is 0 Å². The monoisotopic (exact) mass is 374 g/mol. The molecular weight excluding hydrogens is 363 g/mol. The first kappa shape index (κ1) is 15.5. The summed E-state index contributed by atoms with van der Waals surface area (Å²) in [7, 11) is 0. The van der Waals surface area contributed by atoms with Gasteiger partial charge in [0.05, 0.1) is 14.5 Å². The first-order chi connectivity index (χ1) is 9.23. The summed E-state index contributed by atoms with van der Waals surface area (Å²) >= 11 is 15.3. The Morgan fingerprint density at radius 3 is 2.00 bits per heavy atom. The Kier molecular flexibility index (Phi) is 4.24. The van der Waals surface area contributed by atoms with E-state index in [1.165, 1.54) is 0 Å². The topological polar surface area (TPSA) is 40.5 Å². The van der Waals surface area contributed by atoms with Crippen LogP contribution in [0.15, 0.2) is 34.8 Å². The molecule has 0 aliphatic rings. The van der Waals surface area contributed by atoms with Crippen LogP contribution in [-0.2, 0) is 5.41 Å². The Hall–Kier alpha value is -0.900. The third kappa shape index (κ3) is 2.76. The molecule has 0 radical (unpaired) electrons. The zero-order chi connectivity index (χ0) is 15.1. The minimum atomic E-state index is -0.378.